The number of ether oxygens (including phenoxy) is 1. The molecule has 2 aromatic heterocycles. The van der Waals surface area contributed by atoms with Gasteiger partial charge in [-0.3, -0.25) is 9.78 Å². The van der Waals surface area contributed by atoms with E-state index in [1.807, 2.05) is 0 Å². The molecular formula is C14H12Cl2FN5O2. The molecule has 7 nitrogen and oxygen atoms in total. The maximum Gasteiger partial charge on any atom is 0.265 e. The summed E-state index contributed by atoms with van der Waals surface area (Å²) in [4.78, 5) is 21.9. The number of hydrogen-bond donors (Lipinski definition) is 2. The molecule has 0 amide bonds. The van der Waals surface area contributed by atoms with Gasteiger partial charge in [0, 0.05) is 12.0 Å². The highest BCUT2D eigenvalue weighted by molar-refractivity contribution is 6.30. The van der Waals surface area contributed by atoms with Gasteiger partial charge in [0.2, 0.25) is 11.2 Å². The molecule has 0 aliphatic carbocycles. The van der Waals surface area contributed by atoms with E-state index in [2.05, 4.69) is 26.3 Å². The zero-order valence-electron chi connectivity index (χ0n) is 12.3. The average molecular weight is 372 g/mol. The first-order valence-electron chi connectivity index (χ1n) is 7.20. The fourth-order valence-electron chi connectivity index (χ4n) is 2.63. The van der Waals surface area contributed by atoms with Crippen molar-refractivity contribution in [1.82, 2.24) is 20.3 Å². The molecular weight excluding hydrogens is 360 g/mol. The van der Waals surface area contributed by atoms with E-state index in [1.54, 1.807) is 0 Å². The molecule has 3 rings (SSSR count). The third-order valence-corrected chi connectivity index (χ3v) is 4.22. The number of nitrogens with zero attached hydrogens (tertiary/aromatic N) is 3. The quantitative estimate of drug-likeness (QED) is 0.631. The van der Waals surface area contributed by atoms with E-state index >= 15 is 0 Å². The summed E-state index contributed by atoms with van der Waals surface area (Å²) in [6.07, 6.45) is 1.39. The fourth-order valence-corrected chi connectivity index (χ4v) is 2.97. The van der Waals surface area contributed by atoms with Gasteiger partial charge in [-0.05, 0) is 31.0 Å². The molecule has 10 heteroatoms. The zero-order valence-corrected chi connectivity index (χ0v) is 13.8. The largest absolute Gasteiger partial charge is 0.475 e. The van der Waals surface area contributed by atoms with Crippen LogP contribution >= 0.6 is 23.2 Å². The maximum absolute atomic E-state index is 14.1. The predicted octanol–water partition coefficient (Wildman–Crippen LogP) is 2.03. The van der Waals surface area contributed by atoms with Crippen molar-refractivity contribution in [3.63, 3.8) is 0 Å². The number of aromatic nitrogens is 3. The van der Waals surface area contributed by atoms with Crippen LogP contribution in [0.15, 0.2) is 4.79 Å². The highest BCUT2D eigenvalue weighted by Crippen LogP contribution is 2.27. The van der Waals surface area contributed by atoms with Crippen molar-refractivity contribution < 1.29 is 9.13 Å². The molecule has 1 aliphatic heterocycles. The standard InChI is InChI=1S/C14H12Cl2FN5O2/c15-11-9(17)10-8(12(23)22-14(16)20-10)13(21-11)24-5-7-3-6(4-18)1-2-19-7/h6-7,19H,1-3,5H2,(H,20,22,23)/t6-,7-/m0/s1. The van der Waals surface area contributed by atoms with Gasteiger partial charge < -0.3 is 10.1 Å². The molecule has 2 N–H and O–H groups in total. The molecule has 24 heavy (non-hydrogen) atoms. The van der Waals surface area contributed by atoms with Crippen LogP contribution < -0.4 is 15.6 Å². The molecule has 126 valence electrons. The first-order chi connectivity index (χ1) is 11.5. The summed E-state index contributed by atoms with van der Waals surface area (Å²) in [5.74, 6) is -1.11. The Kier molecular flexibility index (Phi) is 4.85. The highest BCUT2D eigenvalue weighted by atomic mass is 35.5. The van der Waals surface area contributed by atoms with Crippen LogP contribution in [-0.4, -0.2) is 34.1 Å². The van der Waals surface area contributed by atoms with Crippen molar-refractivity contribution in [3.8, 4) is 11.9 Å². The van der Waals surface area contributed by atoms with Gasteiger partial charge in [-0.1, -0.05) is 11.6 Å². The molecule has 0 aromatic carbocycles. The lowest BCUT2D eigenvalue weighted by atomic mass is 9.94. The number of fused-ring (bicyclic) bond motifs is 1. The Balaban J connectivity index is 1.91. The molecule has 1 aliphatic rings. The second kappa shape index (κ2) is 6.89. The number of rotatable bonds is 3. The maximum atomic E-state index is 14.1. The Morgan fingerprint density at radius 3 is 2.96 bits per heavy atom. The lowest BCUT2D eigenvalue weighted by molar-refractivity contribution is 0.219. The Morgan fingerprint density at radius 1 is 1.42 bits per heavy atom. The molecule has 3 heterocycles. The van der Waals surface area contributed by atoms with Crippen LogP contribution in [0.2, 0.25) is 10.4 Å². The third-order valence-electron chi connectivity index (χ3n) is 3.79. The lowest BCUT2D eigenvalue weighted by Gasteiger charge is -2.26. The molecule has 2 atom stereocenters. The molecule has 0 spiro atoms. The number of piperidine rings is 1. The van der Waals surface area contributed by atoms with Gasteiger partial charge in [0.25, 0.3) is 5.56 Å². The summed E-state index contributed by atoms with van der Waals surface area (Å²) in [5.41, 5.74) is -0.972. The SMILES string of the molecule is N#C[C@H]1CCN[C@H](COc2nc(Cl)c(F)c3nc(Cl)[nH]c(=O)c23)C1. The van der Waals surface area contributed by atoms with E-state index in [0.717, 1.165) is 6.42 Å². The lowest BCUT2D eigenvalue weighted by Crippen LogP contribution is -2.41. The first kappa shape index (κ1) is 16.9. The summed E-state index contributed by atoms with van der Waals surface area (Å²) in [6.45, 7) is 0.854. The van der Waals surface area contributed by atoms with Crippen LogP contribution in [0.1, 0.15) is 12.8 Å². The number of halogens is 3. The van der Waals surface area contributed by atoms with E-state index in [4.69, 9.17) is 33.2 Å². The summed E-state index contributed by atoms with van der Waals surface area (Å²) in [6, 6.07) is 2.15. The predicted molar refractivity (Wildman–Crippen MR) is 85.8 cm³/mol. The van der Waals surface area contributed by atoms with Gasteiger partial charge in [0.15, 0.2) is 11.0 Å². The number of nitrogens with one attached hydrogen (secondary N) is 2. The second-order valence-electron chi connectivity index (χ2n) is 5.41. The van der Waals surface area contributed by atoms with Crippen LogP contribution in [0.3, 0.4) is 0 Å². The van der Waals surface area contributed by atoms with Crippen molar-refractivity contribution in [1.29, 1.82) is 5.26 Å². The number of H-pyrrole nitrogens is 1. The number of hydrogen-bond acceptors (Lipinski definition) is 6. The minimum atomic E-state index is -0.938. The molecule has 0 bridgehead atoms. The number of aromatic amines is 1. The zero-order chi connectivity index (χ0) is 17.3. The van der Waals surface area contributed by atoms with Gasteiger partial charge >= 0.3 is 0 Å². The van der Waals surface area contributed by atoms with Crippen LogP contribution in [0.4, 0.5) is 4.39 Å². The molecule has 0 saturated carbocycles. The Hall–Kier alpha value is -1.95. The van der Waals surface area contributed by atoms with Crippen LogP contribution in [0.25, 0.3) is 10.9 Å². The van der Waals surface area contributed by atoms with Crippen LogP contribution in [-0.2, 0) is 0 Å². The van der Waals surface area contributed by atoms with Crippen molar-refractivity contribution in [3.05, 3.63) is 26.6 Å². The van der Waals surface area contributed by atoms with Crippen molar-refractivity contribution in [2.75, 3.05) is 13.2 Å². The van der Waals surface area contributed by atoms with Gasteiger partial charge in [0.05, 0.1) is 6.07 Å². The van der Waals surface area contributed by atoms with Gasteiger partial charge in [-0.15, -0.1) is 0 Å². The van der Waals surface area contributed by atoms with E-state index < -0.39 is 16.5 Å². The van der Waals surface area contributed by atoms with E-state index in [9.17, 15) is 9.18 Å². The van der Waals surface area contributed by atoms with Crippen molar-refractivity contribution in [2.24, 2.45) is 5.92 Å². The Morgan fingerprint density at radius 2 is 2.21 bits per heavy atom. The minimum absolute atomic E-state index is 0.0507. The smallest absolute Gasteiger partial charge is 0.265 e. The minimum Gasteiger partial charge on any atom is -0.475 e. The highest BCUT2D eigenvalue weighted by Gasteiger charge is 2.24. The summed E-state index contributed by atoms with van der Waals surface area (Å²) in [5, 5.41) is 11.3. The van der Waals surface area contributed by atoms with E-state index in [-0.39, 0.29) is 40.6 Å². The molecule has 0 radical (unpaired) electrons. The summed E-state index contributed by atoms with van der Waals surface area (Å²) >= 11 is 11.4. The van der Waals surface area contributed by atoms with Gasteiger partial charge in [0.1, 0.15) is 17.5 Å². The van der Waals surface area contributed by atoms with Crippen LogP contribution in [0, 0.1) is 23.1 Å². The van der Waals surface area contributed by atoms with Crippen molar-refractivity contribution in [2.45, 2.75) is 18.9 Å². The first-order valence-corrected chi connectivity index (χ1v) is 7.95. The molecule has 0 unspecified atom stereocenters. The summed E-state index contributed by atoms with van der Waals surface area (Å²) in [7, 11) is 0. The Labute approximate surface area is 145 Å². The van der Waals surface area contributed by atoms with Gasteiger partial charge in [-0.2, -0.15) is 10.2 Å². The molecule has 1 fully saturated rings. The second-order valence-corrected chi connectivity index (χ2v) is 6.13. The summed E-state index contributed by atoms with van der Waals surface area (Å²) < 4.78 is 19.6. The monoisotopic (exact) mass is 371 g/mol. The third kappa shape index (κ3) is 3.29. The normalized spacial score (nSPS) is 20.8. The molecule has 2 aromatic rings. The molecule has 1 saturated heterocycles. The van der Waals surface area contributed by atoms with Crippen LogP contribution in [0.5, 0.6) is 5.88 Å². The number of nitriles is 1. The number of pyridine rings is 1. The van der Waals surface area contributed by atoms with Gasteiger partial charge in [-0.25, -0.2) is 9.37 Å². The average Bonchev–Trinajstić information content (AvgIpc) is 2.56. The fraction of sp³-hybridized carbons (Fsp3) is 0.429. The Bertz CT molecular complexity index is 882. The van der Waals surface area contributed by atoms with E-state index in [0.29, 0.717) is 13.0 Å². The van der Waals surface area contributed by atoms with Crippen molar-refractivity contribution >= 4 is 34.1 Å². The topological polar surface area (TPSA) is 104 Å². The van der Waals surface area contributed by atoms with E-state index in [1.165, 1.54) is 0 Å².